The molecule has 2 aromatic heterocycles. The molecule has 112 valence electrons. The number of nitrogen functional groups attached to an aromatic ring is 1. The van der Waals surface area contributed by atoms with Crippen molar-refractivity contribution in [2.75, 3.05) is 5.73 Å². The molecule has 0 fully saturated rings. The largest absolute Gasteiger partial charge is 0.399 e. The summed E-state index contributed by atoms with van der Waals surface area (Å²) in [6.45, 7) is 4.46. The molecule has 0 bridgehead atoms. The van der Waals surface area contributed by atoms with E-state index in [0.717, 1.165) is 28.4 Å². The van der Waals surface area contributed by atoms with Crippen molar-refractivity contribution in [3.63, 3.8) is 0 Å². The molecule has 22 heavy (non-hydrogen) atoms. The fourth-order valence-corrected chi connectivity index (χ4v) is 3.41. The van der Waals surface area contributed by atoms with Crippen LogP contribution in [-0.2, 0) is 11.8 Å². The molecule has 2 heterocycles. The number of thiazole rings is 1. The highest BCUT2D eigenvalue weighted by Gasteiger charge is 2.25. The van der Waals surface area contributed by atoms with E-state index < -0.39 is 0 Å². The van der Waals surface area contributed by atoms with Gasteiger partial charge in [0.05, 0.1) is 10.7 Å². The fourth-order valence-electron chi connectivity index (χ4n) is 2.45. The second-order valence-electron chi connectivity index (χ2n) is 6.08. The number of rotatable bonds is 4. The lowest BCUT2D eigenvalue weighted by molar-refractivity contribution is 0.519. The van der Waals surface area contributed by atoms with E-state index in [4.69, 9.17) is 10.7 Å². The third-order valence-electron chi connectivity index (χ3n) is 3.67. The fraction of sp³-hybridized carbons (Fsp3) is 0.222. The Morgan fingerprint density at radius 1 is 1.14 bits per heavy atom. The van der Waals surface area contributed by atoms with Crippen molar-refractivity contribution in [2.24, 2.45) is 0 Å². The Balaban J connectivity index is 1.83. The molecule has 0 spiro atoms. The summed E-state index contributed by atoms with van der Waals surface area (Å²) in [4.78, 5) is 8.98. The van der Waals surface area contributed by atoms with Gasteiger partial charge in [0.25, 0.3) is 0 Å². The molecular formula is C18H19N3S. The van der Waals surface area contributed by atoms with Gasteiger partial charge in [-0.15, -0.1) is 11.3 Å². The van der Waals surface area contributed by atoms with Gasteiger partial charge < -0.3 is 5.73 Å². The first kappa shape index (κ1) is 14.7. The van der Waals surface area contributed by atoms with Gasteiger partial charge in [0.15, 0.2) is 0 Å². The van der Waals surface area contributed by atoms with E-state index in [1.807, 2.05) is 30.5 Å². The lowest BCUT2D eigenvalue weighted by atomic mass is 9.86. The summed E-state index contributed by atoms with van der Waals surface area (Å²) in [6.07, 6.45) is 4.57. The number of benzene rings is 1. The van der Waals surface area contributed by atoms with Crippen LogP contribution in [-0.4, -0.2) is 9.97 Å². The molecule has 0 atom stereocenters. The number of pyridine rings is 1. The molecule has 0 aliphatic rings. The Labute approximate surface area is 134 Å². The van der Waals surface area contributed by atoms with E-state index in [1.165, 1.54) is 5.56 Å². The molecule has 2 N–H and O–H groups in total. The summed E-state index contributed by atoms with van der Waals surface area (Å²) in [7, 11) is 0. The highest BCUT2D eigenvalue weighted by atomic mass is 32.1. The maximum Gasteiger partial charge on any atom is 0.0992 e. The smallest absolute Gasteiger partial charge is 0.0992 e. The van der Waals surface area contributed by atoms with Crippen LogP contribution < -0.4 is 5.73 Å². The summed E-state index contributed by atoms with van der Waals surface area (Å²) in [5.41, 5.74) is 9.88. The van der Waals surface area contributed by atoms with Gasteiger partial charge in [-0.05, 0) is 36.2 Å². The second-order valence-corrected chi connectivity index (χ2v) is 6.94. The molecule has 3 aromatic rings. The minimum Gasteiger partial charge on any atom is -0.399 e. The van der Waals surface area contributed by atoms with Crippen molar-refractivity contribution in [1.29, 1.82) is 0 Å². The lowest BCUT2D eigenvalue weighted by Crippen LogP contribution is -2.20. The Morgan fingerprint density at radius 2 is 1.91 bits per heavy atom. The van der Waals surface area contributed by atoms with Crippen LogP contribution in [0, 0.1) is 0 Å². The van der Waals surface area contributed by atoms with Gasteiger partial charge in [-0.25, -0.2) is 4.98 Å². The molecule has 0 aliphatic heterocycles. The van der Waals surface area contributed by atoms with Crippen LogP contribution >= 0.6 is 11.3 Å². The molecule has 0 saturated heterocycles. The zero-order valence-electron chi connectivity index (χ0n) is 12.8. The van der Waals surface area contributed by atoms with Crippen LogP contribution in [0.5, 0.6) is 0 Å². The van der Waals surface area contributed by atoms with E-state index in [1.54, 1.807) is 17.5 Å². The monoisotopic (exact) mass is 309 g/mol. The Kier molecular flexibility index (Phi) is 3.94. The van der Waals surface area contributed by atoms with Gasteiger partial charge in [0, 0.05) is 34.4 Å². The van der Waals surface area contributed by atoms with Gasteiger partial charge in [-0.3, -0.25) is 4.98 Å². The minimum atomic E-state index is -0.0127. The average molecular weight is 309 g/mol. The summed E-state index contributed by atoms with van der Waals surface area (Å²) >= 11 is 1.71. The predicted molar refractivity (Wildman–Crippen MR) is 92.9 cm³/mol. The molecule has 0 aliphatic carbocycles. The Bertz CT molecular complexity index is 746. The summed E-state index contributed by atoms with van der Waals surface area (Å²) < 4.78 is 0. The van der Waals surface area contributed by atoms with Crippen LogP contribution in [0.2, 0.25) is 0 Å². The maximum absolute atomic E-state index is 5.75. The normalized spacial score (nSPS) is 11.5. The van der Waals surface area contributed by atoms with E-state index in [-0.39, 0.29) is 5.41 Å². The topological polar surface area (TPSA) is 51.8 Å². The number of nitrogens with zero attached hydrogens (tertiary/aromatic N) is 2. The molecule has 3 rings (SSSR count). The van der Waals surface area contributed by atoms with Crippen LogP contribution in [0.15, 0.2) is 54.2 Å². The quantitative estimate of drug-likeness (QED) is 0.731. The average Bonchev–Trinajstić information content (AvgIpc) is 3.01. The summed E-state index contributed by atoms with van der Waals surface area (Å²) in [5.74, 6) is 0. The Hall–Kier alpha value is -2.20. The molecule has 1 aromatic carbocycles. The van der Waals surface area contributed by atoms with Gasteiger partial charge in [0.2, 0.25) is 0 Å². The molecule has 0 radical (unpaired) electrons. The molecule has 0 amide bonds. The minimum absolute atomic E-state index is 0.0127. The standard InChI is InChI=1S/C18H19N3S/c1-18(2,10-13-5-7-15(19)8-6-13)17-21-16(12-22-17)14-4-3-9-20-11-14/h3-9,11-12H,10,19H2,1-2H3. The van der Waals surface area contributed by atoms with Crippen LogP contribution in [0.1, 0.15) is 24.4 Å². The van der Waals surface area contributed by atoms with E-state index >= 15 is 0 Å². The van der Waals surface area contributed by atoms with Crippen molar-refractivity contribution >= 4 is 17.0 Å². The van der Waals surface area contributed by atoms with Crippen LogP contribution in [0.25, 0.3) is 11.3 Å². The van der Waals surface area contributed by atoms with Crippen molar-refractivity contribution in [3.8, 4) is 11.3 Å². The van der Waals surface area contributed by atoms with Crippen molar-refractivity contribution < 1.29 is 0 Å². The van der Waals surface area contributed by atoms with Crippen molar-refractivity contribution in [2.45, 2.75) is 25.7 Å². The highest BCUT2D eigenvalue weighted by molar-refractivity contribution is 7.10. The first-order valence-electron chi connectivity index (χ1n) is 7.25. The number of nitrogens with two attached hydrogens (primary N) is 1. The molecular weight excluding hydrogens is 290 g/mol. The highest BCUT2D eigenvalue weighted by Crippen LogP contribution is 2.32. The van der Waals surface area contributed by atoms with E-state index in [0.29, 0.717) is 0 Å². The van der Waals surface area contributed by atoms with Gasteiger partial charge in [0.1, 0.15) is 0 Å². The van der Waals surface area contributed by atoms with Crippen molar-refractivity contribution in [3.05, 3.63) is 64.7 Å². The SMILES string of the molecule is CC(C)(Cc1ccc(N)cc1)c1nc(-c2cccnc2)cs1. The maximum atomic E-state index is 5.75. The summed E-state index contributed by atoms with van der Waals surface area (Å²) in [5, 5.41) is 3.25. The van der Waals surface area contributed by atoms with Gasteiger partial charge in [-0.1, -0.05) is 26.0 Å². The predicted octanol–water partition coefficient (Wildman–Crippen LogP) is 4.31. The third kappa shape index (κ3) is 3.17. The zero-order valence-corrected chi connectivity index (χ0v) is 13.6. The van der Waals surface area contributed by atoms with Gasteiger partial charge >= 0.3 is 0 Å². The first-order valence-corrected chi connectivity index (χ1v) is 8.13. The third-order valence-corrected chi connectivity index (χ3v) is 4.87. The molecule has 3 nitrogen and oxygen atoms in total. The van der Waals surface area contributed by atoms with Crippen LogP contribution in [0.4, 0.5) is 5.69 Å². The van der Waals surface area contributed by atoms with E-state index in [9.17, 15) is 0 Å². The Morgan fingerprint density at radius 3 is 2.59 bits per heavy atom. The second kappa shape index (κ2) is 5.89. The molecule has 4 heteroatoms. The zero-order chi connectivity index (χ0) is 15.6. The number of hydrogen-bond donors (Lipinski definition) is 1. The molecule has 0 unspecified atom stereocenters. The number of aromatic nitrogens is 2. The van der Waals surface area contributed by atoms with Crippen molar-refractivity contribution in [1.82, 2.24) is 9.97 Å². The molecule has 0 saturated carbocycles. The summed E-state index contributed by atoms with van der Waals surface area (Å²) in [6, 6.07) is 12.1. The lowest BCUT2D eigenvalue weighted by Gasteiger charge is -2.22. The number of anilines is 1. The van der Waals surface area contributed by atoms with Gasteiger partial charge in [-0.2, -0.15) is 0 Å². The van der Waals surface area contributed by atoms with E-state index in [2.05, 4.69) is 36.3 Å². The van der Waals surface area contributed by atoms with Crippen LogP contribution in [0.3, 0.4) is 0 Å². The first-order chi connectivity index (χ1) is 10.5. The number of hydrogen-bond acceptors (Lipinski definition) is 4.